The molecular weight excluding hydrogens is 368 g/mol. The first-order valence-electron chi connectivity index (χ1n) is 12.1. The van der Waals surface area contributed by atoms with Crippen molar-refractivity contribution in [3.8, 4) is 5.75 Å². The van der Waals surface area contributed by atoms with E-state index < -0.39 is 0 Å². The third kappa shape index (κ3) is 4.43. The van der Waals surface area contributed by atoms with Gasteiger partial charge in [-0.3, -0.25) is 4.90 Å². The Labute approximate surface area is 181 Å². The van der Waals surface area contributed by atoms with E-state index in [2.05, 4.69) is 53.4 Å². The minimum Gasteiger partial charge on any atom is -0.485 e. The molecule has 0 spiro atoms. The normalized spacial score (nSPS) is 29.5. The Morgan fingerprint density at radius 2 is 1.80 bits per heavy atom. The maximum absolute atomic E-state index is 6.77. The number of hydrogen-bond donors (Lipinski definition) is 1. The van der Waals surface area contributed by atoms with Crippen LogP contribution in [-0.4, -0.2) is 24.0 Å². The quantitative estimate of drug-likeness (QED) is 0.717. The second-order valence-corrected chi connectivity index (χ2v) is 9.78. The van der Waals surface area contributed by atoms with Crippen molar-refractivity contribution in [2.75, 3.05) is 13.1 Å². The van der Waals surface area contributed by atoms with Crippen molar-refractivity contribution in [3.63, 3.8) is 0 Å². The molecule has 1 saturated heterocycles. The molecule has 4 atom stereocenters. The molecule has 3 aliphatic rings. The number of benzene rings is 2. The number of nitrogens with zero attached hydrogens (tertiary/aromatic N) is 1. The fourth-order valence-corrected chi connectivity index (χ4v) is 6.05. The van der Waals surface area contributed by atoms with Gasteiger partial charge >= 0.3 is 0 Å². The highest BCUT2D eigenvalue weighted by Gasteiger charge is 2.40. The highest BCUT2D eigenvalue weighted by molar-refractivity contribution is 5.37. The van der Waals surface area contributed by atoms with Crippen LogP contribution in [0.15, 0.2) is 48.5 Å². The van der Waals surface area contributed by atoms with Crippen molar-refractivity contribution in [1.29, 1.82) is 0 Å². The zero-order valence-corrected chi connectivity index (χ0v) is 18.1. The summed E-state index contributed by atoms with van der Waals surface area (Å²) in [6.07, 6.45) is 10.2. The van der Waals surface area contributed by atoms with Crippen LogP contribution in [0.2, 0.25) is 0 Å². The molecule has 0 aromatic heterocycles. The number of fused-ring (bicyclic) bond motifs is 1. The minimum absolute atomic E-state index is 0.154. The molecular formula is C27H36N2O. The molecule has 1 saturated carbocycles. The number of piperidine rings is 1. The average molecular weight is 405 g/mol. The van der Waals surface area contributed by atoms with E-state index in [9.17, 15) is 0 Å². The molecule has 5 rings (SSSR count). The molecule has 2 aliphatic carbocycles. The van der Waals surface area contributed by atoms with Crippen molar-refractivity contribution in [2.45, 2.75) is 70.1 Å². The van der Waals surface area contributed by atoms with Crippen LogP contribution in [0, 0.1) is 11.8 Å². The molecule has 2 fully saturated rings. The fourth-order valence-electron chi connectivity index (χ4n) is 6.05. The number of ether oxygens (including phenoxy) is 1. The van der Waals surface area contributed by atoms with Crippen LogP contribution in [0.5, 0.6) is 5.75 Å². The van der Waals surface area contributed by atoms with E-state index in [4.69, 9.17) is 10.5 Å². The van der Waals surface area contributed by atoms with Crippen LogP contribution in [0.3, 0.4) is 0 Å². The second-order valence-electron chi connectivity index (χ2n) is 9.78. The van der Waals surface area contributed by atoms with Gasteiger partial charge in [-0.15, -0.1) is 0 Å². The largest absolute Gasteiger partial charge is 0.485 e. The van der Waals surface area contributed by atoms with Gasteiger partial charge in [-0.25, -0.2) is 0 Å². The molecule has 30 heavy (non-hydrogen) atoms. The molecule has 160 valence electrons. The van der Waals surface area contributed by atoms with E-state index in [1.165, 1.54) is 68.3 Å². The van der Waals surface area contributed by atoms with E-state index in [1.807, 2.05) is 0 Å². The van der Waals surface area contributed by atoms with Gasteiger partial charge in [0.25, 0.3) is 0 Å². The van der Waals surface area contributed by atoms with Gasteiger partial charge in [-0.1, -0.05) is 49.2 Å². The first kappa shape index (κ1) is 20.1. The summed E-state index contributed by atoms with van der Waals surface area (Å²) in [5.41, 5.74) is 10.6. The average Bonchev–Trinajstić information content (AvgIpc) is 3.13. The fraction of sp³-hybridized carbons (Fsp3) is 0.556. The molecule has 3 nitrogen and oxygen atoms in total. The Kier molecular flexibility index (Phi) is 6.10. The Balaban J connectivity index is 1.35. The molecule has 1 unspecified atom stereocenters. The summed E-state index contributed by atoms with van der Waals surface area (Å²) in [4.78, 5) is 2.58. The van der Waals surface area contributed by atoms with Crippen LogP contribution >= 0.6 is 0 Å². The standard InChI is InChI=1S/C27H36N2O/c28-23-11-7-10-21(17-23)26-18-22-9-2-3-13-25(22)27(26)30-24-12-6-8-20(16-24)19-29-14-4-1-5-15-29/h2-3,6,8-9,12-13,16,21,23,26-27H,1,4-5,7,10-11,14-15,17-19,28H2/t21?,23-,26-,27+/m0/s1. The monoisotopic (exact) mass is 404 g/mol. The summed E-state index contributed by atoms with van der Waals surface area (Å²) in [6.45, 7) is 3.50. The lowest BCUT2D eigenvalue weighted by atomic mass is 9.76. The van der Waals surface area contributed by atoms with E-state index >= 15 is 0 Å². The Morgan fingerprint density at radius 3 is 2.67 bits per heavy atom. The third-order valence-corrected chi connectivity index (χ3v) is 7.58. The highest BCUT2D eigenvalue weighted by atomic mass is 16.5. The number of likely N-dealkylation sites (tertiary alicyclic amines) is 1. The molecule has 2 N–H and O–H groups in total. The molecule has 0 amide bonds. The summed E-state index contributed by atoms with van der Waals surface area (Å²) in [7, 11) is 0. The Morgan fingerprint density at radius 1 is 0.933 bits per heavy atom. The zero-order chi connectivity index (χ0) is 20.3. The second kappa shape index (κ2) is 9.11. The van der Waals surface area contributed by atoms with E-state index in [0.717, 1.165) is 25.1 Å². The topological polar surface area (TPSA) is 38.5 Å². The summed E-state index contributed by atoms with van der Waals surface area (Å²) in [5.74, 6) is 2.23. The minimum atomic E-state index is 0.154. The first-order valence-corrected chi connectivity index (χ1v) is 12.1. The Bertz CT molecular complexity index is 844. The van der Waals surface area contributed by atoms with E-state index in [0.29, 0.717) is 17.9 Å². The molecule has 0 bridgehead atoms. The van der Waals surface area contributed by atoms with Gasteiger partial charge in [0.2, 0.25) is 0 Å². The van der Waals surface area contributed by atoms with Crippen LogP contribution in [0.4, 0.5) is 0 Å². The zero-order valence-electron chi connectivity index (χ0n) is 18.1. The summed E-state index contributed by atoms with van der Waals surface area (Å²) in [5, 5.41) is 0. The van der Waals surface area contributed by atoms with E-state index in [1.54, 1.807) is 0 Å². The molecule has 2 aromatic carbocycles. The lowest BCUT2D eigenvalue weighted by Crippen LogP contribution is -2.33. The lowest BCUT2D eigenvalue weighted by molar-refractivity contribution is 0.0881. The van der Waals surface area contributed by atoms with E-state index in [-0.39, 0.29) is 6.10 Å². The third-order valence-electron chi connectivity index (χ3n) is 7.58. The van der Waals surface area contributed by atoms with Gasteiger partial charge in [-0.2, -0.15) is 0 Å². The van der Waals surface area contributed by atoms with Crippen molar-refractivity contribution < 1.29 is 4.74 Å². The summed E-state index contributed by atoms with van der Waals surface area (Å²) < 4.78 is 6.77. The van der Waals surface area contributed by atoms with Gasteiger partial charge in [-0.05, 0) is 86.4 Å². The highest BCUT2D eigenvalue weighted by Crippen LogP contribution is 2.46. The molecule has 0 radical (unpaired) electrons. The molecule has 1 aliphatic heterocycles. The van der Waals surface area contributed by atoms with Gasteiger partial charge in [0.05, 0.1) is 0 Å². The van der Waals surface area contributed by atoms with Crippen LogP contribution in [-0.2, 0) is 13.0 Å². The smallest absolute Gasteiger partial charge is 0.127 e. The van der Waals surface area contributed by atoms with Crippen LogP contribution in [0.1, 0.15) is 67.7 Å². The molecule has 2 aromatic rings. The van der Waals surface area contributed by atoms with Gasteiger partial charge in [0, 0.05) is 18.5 Å². The SMILES string of the molecule is N[C@H]1CCCC([C@@H]2Cc3ccccc3[C@H]2Oc2cccc(CN3CCCCC3)c2)C1. The van der Waals surface area contributed by atoms with Gasteiger partial charge in [0.1, 0.15) is 11.9 Å². The van der Waals surface area contributed by atoms with Crippen molar-refractivity contribution >= 4 is 0 Å². The molecule has 3 heteroatoms. The predicted octanol–water partition coefficient (Wildman–Crippen LogP) is 5.48. The van der Waals surface area contributed by atoms with Crippen molar-refractivity contribution in [1.82, 2.24) is 4.90 Å². The maximum Gasteiger partial charge on any atom is 0.127 e. The number of hydrogen-bond acceptors (Lipinski definition) is 3. The van der Waals surface area contributed by atoms with Crippen LogP contribution < -0.4 is 10.5 Å². The first-order chi connectivity index (χ1) is 14.8. The molecule has 1 heterocycles. The van der Waals surface area contributed by atoms with Gasteiger partial charge < -0.3 is 10.5 Å². The predicted molar refractivity (Wildman–Crippen MR) is 123 cm³/mol. The number of rotatable bonds is 5. The lowest BCUT2D eigenvalue weighted by Gasteiger charge is -2.34. The van der Waals surface area contributed by atoms with Crippen LogP contribution in [0.25, 0.3) is 0 Å². The summed E-state index contributed by atoms with van der Waals surface area (Å²) in [6, 6.07) is 18.1. The van der Waals surface area contributed by atoms with Crippen molar-refractivity contribution in [2.24, 2.45) is 17.6 Å². The maximum atomic E-state index is 6.77. The van der Waals surface area contributed by atoms with Gasteiger partial charge in [0.15, 0.2) is 0 Å². The number of nitrogens with two attached hydrogens (primary N) is 1. The Hall–Kier alpha value is -1.84. The van der Waals surface area contributed by atoms with Crippen molar-refractivity contribution in [3.05, 3.63) is 65.2 Å². The summed E-state index contributed by atoms with van der Waals surface area (Å²) >= 11 is 0.